The summed E-state index contributed by atoms with van der Waals surface area (Å²) in [7, 11) is 0. The molecular weight excluding hydrogens is 364 g/mol. The Hall–Kier alpha value is -0.0400. The SMILES string of the molecule is CC(C)[C@@H](C)CC[C@@H](C)[C@H]1CC[C@H]2[C@@H]3CC[C@H]4C[C@@](C)(O)CC[C@]4(C)[C@H]3CC[C@]12C. The van der Waals surface area contributed by atoms with Crippen molar-refractivity contribution in [3.8, 4) is 0 Å². The van der Waals surface area contributed by atoms with E-state index in [4.69, 9.17) is 0 Å². The highest BCUT2D eigenvalue weighted by molar-refractivity contribution is 5.10. The molecule has 1 nitrogen and oxygen atoms in total. The van der Waals surface area contributed by atoms with E-state index in [1.54, 1.807) is 0 Å². The van der Waals surface area contributed by atoms with Crippen LogP contribution in [0.15, 0.2) is 0 Å². The molecule has 174 valence electrons. The van der Waals surface area contributed by atoms with Crippen LogP contribution in [0.25, 0.3) is 0 Å². The van der Waals surface area contributed by atoms with E-state index in [0.717, 1.165) is 60.2 Å². The summed E-state index contributed by atoms with van der Waals surface area (Å²) in [6.45, 7) is 17.3. The van der Waals surface area contributed by atoms with Crippen molar-refractivity contribution in [2.75, 3.05) is 0 Å². The first-order valence-electron chi connectivity index (χ1n) is 13.7. The molecule has 4 saturated carbocycles. The first-order chi connectivity index (χ1) is 14.0. The van der Waals surface area contributed by atoms with E-state index in [2.05, 4.69) is 48.5 Å². The standard InChI is InChI=1S/C29H52O/c1-19(2)20(3)8-9-21(4)24-12-13-25-23-11-10-22-18-27(5,30)16-17-28(22,6)26(23)14-15-29(24,25)7/h19-26,30H,8-18H2,1-7H3/t20-,21+,22-,23-,24+,25-,26-,27-,28-,29+/m0/s1. The molecule has 0 spiro atoms. The summed E-state index contributed by atoms with van der Waals surface area (Å²) in [5.74, 6) is 7.20. The minimum absolute atomic E-state index is 0.402. The third-order valence-electron chi connectivity index (χ3n) is 11.9. The molecule has 0 amide bonds. The Morgan fingerprint density at radius 1 is 0.767 bits per heavy atom. The predicted octanol–water partition coefficient (Wildman–Crippen LogP) is 8.10. The van der Waals surface area contributed by atoms with Crippen LogP contribution in [0.1, 0.15) is 119 Å². The molecule has 0 aliphatic heterocycles. The molecule has 30 heavy (non-hydrogen) atoms. The smallest absolute Gasteiger partial charge is 0.0622 e. The largest absolute Gasteiger partial charge is 0.390 e. The Labute approximate surface area is 188 Å². The predicted molar refractivity (Wildman–Crippen MR) is 128 cm³/mol. The van der Waals surface area contributed by atoms with Crippen molar-refractivity contribution in [3.63, 3.8) is 0 Å². The van der Waals surface area contributed by atoms with Crippen molar-refractivity contribution >= 4 is 0 Å². The van der Waals surface area contributed by atoms with Gasteiger partial charge in [0.05, 0.1) is 5.60 Å². The van der Waals surface area contributed by atoms with Gasteiger partial charge in [-0.3, -0.25) is 0 Å². The second-order valence-electron chi connectivity index (χ2n) is 13.9. The molecule has 1 N–H and O–H groups in total. The van der Waals surface area contributed by atoms with Gasteiger partial charge in [0.2, 0.25) is 0 Å². The minimum atomic E-state index is -0.402. The number of fused-ring (bicyclic) bond motifs is 5. The molecule has 0 aromatic carbocycles. The van der Waals surface area contributed by atoms with Gasteiger partial charge < -0.3 is 5.11 Å². The van der Waals surface area contributed by atoms with Crippen molar-refractivity contribution in [1.82, 2.24) is 0 Å². The van der Waals surface area contributed by atoms with Crippen molar-refractivity contribution in [3.05, 3.63) is 0 Å². The van der Waals surface area contributed by atoms with Crippen molar-refractivity contribution in [2.24, 2.45) is 58.2 Å². The van der Waals surface area contributed by atoms with Gasteiger partial charge in [-0.15, -0.1) is 0 Å². The fourth-order valence-electron chi connectivity index (χ4n) is 9.47. The van der Waals surface area contributed by atoms with Crippen LogP contribution < -0.4 is 0 Å². The van der Waals surface area contributed by atoms with Gasteiger partial charge in [-0.25, -0.2) is 0 Å². The monoisotopic (exact) mass is 416 g/mol. The number of hydrogen-bond donors (Lipinski definition) is 1. The van der Waals surface area contributed by atoms with Gasteiger partial charge in [0.1, 0.15) is 0 Å². The van der Waals surface area contributed by atoms with Crippen molar-refractivity contribution in [2.45, 2.75) is 125 Å². The number of aliphatic hydroxyl groups is 1. The summed E-state index contributed by atoms with van der Waals surface area (Å²) in [5, 5.41) is 10.7. The normalized spacial score (nSPS) is 50.5. The van der Waals surface area contributed by atoms with E-state index in [1.807, 2.05) is 0 Å². The lowest BCUT2D eigenvalue weighted by Crippen LogP contribution is -2.55. The van der Waals surface area contributed by atoms with Gasteiger partial charge in [-0.2, -0.15) is 0 Å². The topological polar surface area (TPSA) is 20.2 Å². The van der Waals surface area contributed by atoms with Crippen molar-refractivity contribution in [1.29, 1.82) is 0 Å². The zero-order valence-corrected chi connectivity index (χ0v) is 21.3. The molecule has 0 unspecified atom stereocenters. The lowest BCUT2D eigenvalue weighted by molar-refractivity contribution is -0.148. The highest BCUT2D eigenvalue weighted by Gasteiger charge is 2.61. The highest BCUT2D eigenvalue weighted by atomic mass is 16.3. The fourth-order valence-corrected chi connectivity index (χ4v) is 9.47. The molecule has 0 radical (unpaired) electrons. The second kappa shape index (κ2) is 8.07. The number of hydrogen-bond acceptors (Lipinski definition) is 1. The average Bonchev–Trinajstić information content (AvgIpc) is 3.03. The van der Waals surface area contributed by atoms with Gasteiger partial charge in [0, 0.05) is 0 Å². The highest BCUT2D eigenvalue weighted by Crippen LogP contribution is 2.68. The first-order valence-corrected chi connectivity index (χ1v) is 13.7. The van der Waals surface area contributed by atoms with Gasteiger partial charge >= 0.3 is 0 Å². The molecular formula is C29H52O. The molecule has 0 aromatic rings. The van der Waals surface area contributed by atoms with E-state index < -0.39 is 5.60 Å². The van der Waals surface area contributed by atoms with Crippen LogP contribution in [0.5, 0.6) is 0 Å². The molecule has 0 saturated heterocycles. The lowest BCUT2D eigenvalue weighted by atomic mass is 9.43. The molecule has 4 fully saturated rings. The van der Waals surface area contributed by atoms with Crippen LogP contribution >= 0.6 is 0 Å². The van der Waals surface area contributed by atoms with Gasteiger partial charge in [-0.1, -0.05) is 54.4 Å². The van der Waals surface area contributed by atoms with Gasteiger partial charge in [0.25, 0.3) is 0 Å². The summed E-state index contributed by atoms with van der Waals surface area (Å²) in [5.41, 5.74) is 0.703. The molecule has 4 aliphatic rings. The van der Waals surface area contributed by atoms with E-state index >= 15 is 0 Å². The fraction of sp³-hybridized carbons (Fsp3) is 1.00. The summed E-state index contributed by atoms with van der Waals surface area (Å²) >= 11 is 0. The zero-order valence-electron chi connectivity index (χ0n) is 21.3. The molecule has 10 atom stereocenters. The molecule has 0 aromatic heterocycles. The Balaban J connectivity index is 1.46. The summed E-state index contributed by atoms with van der Waals surface area (Å²) in [6, 6.07) is 0. The van der Waals surface area contributed by atoms with E-state index in [9.17, 15) is 5.11 Å². The molecule has 0 heterocycles. The molecule has 4 rings (SSSR count). The van der Waals surface area contributed by atoms with Gasteiger partial charge in [0.15, 0.2) is 0 Å². The molecule has 1 heteroatoms. The maximum atomic E-state index is 10.7. The van der Waals surface area contributed by atoms with Gasteiger partial charge in [-0.05, 0) is 123 Å². The summed E-state index contributed by atoms with van der Waals surface area (Å²) in [6.07, 6.45) is 15.0. The Morgan fingerprint density at radius 2 is 1.47 bits per heavy atom. The van der Waals surface area contributed by atoms with E-state index in [0.29, 0.717) is 10.8 Å². The average molecular weight is 417 g/mol. The van der Waals surface area contributed by atoms with Crippen molar-refractivity contribution < 1.29 is 5.11 Å². The van der Waals surface area contributed by atoms with Crippen LogP contribution in [0, 0.1) is 58.2 Å². The van der Waals surface area contributed by atoms with E-state index in [1.165, 1.54) is 57.8 Å². The minimum Gasteiger partial charge on any atom is -0.390 e. The third kappa shape index (κ3) is 3.82. The van der Waals surface area contributed by atoms with Crippen LogP contribution in [0.3, 0.4) is 0 Å². The summed E-state index contributed by atoms with van der Waals surface area (Å²) in [4.78, 5) is 0. The zero-order chi connectivity index (χ0) is 21.9. The van der Waals surface area contributed by atoms with E-state index in [-0.39, 0.29) is 0 Å². The molecule has 4 aliphatic carbocycles. The quantitative estimate of drug-likeness (QED) is 0.480. The molecule has 0 bridgehead atoms. The lowest BCUT2D eigenvalue weighted by Gasteiger charge is -2.62. The van der Waals surface area contributed by atoms with Crippen LogP contribution in [-0.4, -0.2) is 10.7 Å². The maximum absolute atomic E-state index is 10.7. The Bertz CT molecular complexity index is 607. The first kappa shape index (κ1) is 23.1. The third-order valence-corrected chi connectivity index (χ3v) is 11.9. The summed E-state index contributed by atoms with van der Waals surface area (Å²) < 4.78 is 0. The Kier molecular flexibility index (Phi) is 6.22. The Morgan fingerprint density at radius 3 is 2.17 bits per heavy atom. The van der Waals surface area contributed by atoms with Crippen LogP contribution in [-0.2, 0) is 0 Å². The number of rotatable bonds is 5. The van der Waals surface area contributed by atoms with Crippen LogP contribution in [0.2, 0.25) is 0 Å². The second-order valence-corrected chi connectivity index (χ2v) is 13.9. The maximum Gasteiger partial charge on any atom is 0.0622 e. The van der Waals surface area contributed by atoms with Crippen LogP contribution in [0.4, 0.5) is 0 Å².